The van der Waals surface area contributed by atoms with Crippen LogP contribution in [0.25, 0.3) is 0 Å². The molecule has 3 N–H and O–H groups in total. The number of ether oxygens (including phenoxy) is 1. The summed E-state index contributed by atoms with van der Waals surface area (Å²) in [5.74, 6) is 0.493. The Morgan fingerprint density at radius 1 is 1.69 bits per heavy atom. The molecule has 4 nitrogen and oxygen atoms in total. The molecule has 0 saturated heterocycles. The van der Waals surface area contributed by atoms with Gasteiger partial charge < -0.3 is 15.8 Å². The molecule has 0 heterocycles. The Bertz CT molecular complexity index is 169. The molecule has 0 aliphatic heterocycles. The van der Waals surface area contributed by atoms with Crippen LogP contribution in [0, 0.1) is 5.92 Å². The normalized spacial score (nSPS) is 18.5. The molecule has 1 fully saturated rings. The van der Waals surface area contributed by atoms with Crippen molar-refractivity contribution in [3.8, 4) is 0 Å². The maximum Gasteiger partial charge on any atom is 0.218 e. The molecular formula is C9H18N2O2. The Hall–Kier alpha value is -0.610. The fourth-order valence-corrected chi connectivity index (χ4v) is 1.42. The van der Waals surface area contributed by atoms with E-state index in [1.165, 1.54) is 12.8 Å². The van der Waals surface area contributed by atoms with Crippen LogP contribution in [0.2, 0.25) is 0 Å². The molecule has 1 rings (SSSR count). The Morgan fingerprint density at radius 2 is 2.38 bits per heavy atom. The molecule has 1 saturated carbocycles. The van der Waals surface area contributed by atoms with E-state index in [0.29, 0.717) is 19.0 Å². The predicted octanol–water partition coefficient (Wildman–Crippen LogP) is -0.124. The molecule has 1 unspecified atom stereocenters. The lowest BCUT2D eigenvalue weighted by molar-refractivity contribution is -0.117. The lowest BCUT2D eigenvalue weighted by Gasteiger charge is -2.16. The van der Waals surface area contributed by atoms with Crippen LogP contribution in [0.3, 0.4) is 0 Å². The van der Waals surface area contributed by atoms with Gasteiger partial charge in [0.1, 0.15) is 0 Å². The molecule has 0 aromatic rings. The minimum absolute atomic E-state index is 0.250. The first-order valence-corrected chi connectivity index (χ1v) is 4.74. The van der Waals surface area contributed by atoms with E-state index in [9.17, 15) is 4.79 Å². The van der Waals surface area contributed by atoms with Crippen molar-refractivity contribution in [2.75, 3.05) is 20.3 Å². The molecule has 4 heteroatoms. The quantitative estimate of drug-likeness (QED) is 0.582. The van der Waals surface area contributed by atoms with Gasteiger partial charge in [-0.05, 0) is 18.8 Å². The summed E-state index contributed by atoms with van der Waals surface area (Å²) < 4.78 is 5.08. The van der Waals surface area contributed by atoms with E-state index >= 15 is 0 Å². The summed E-state index contributed by atoms with van der Waals surface area (Å²) in [6.07, 6.45) is 2.96. The number of carbonyl (C=O) groups is 1. The number of hydrogen-bond acceptors (Lipinski definition) is 3. The Kier molecular flexibility index (Phi) is 4.18. The second kappa shape index (κ2) is 5.19. The van der Waals surface area contributed by atoms with Gasteiger partial charge in [-0.15, -0.1) is 0 Å². The van der Waals surface area contributed by atoms with Gasteiger partial charge in [0.25, 0.3) is 0 Å². The number of rotatable bonds is 7. The van der Waals surface area contributed by atoms with Crippen molar-refractivity contribution < 1.29 is 9.53 Å². The van der Waals surface area contributed by atoms with Crippen LogP contribution < -0.4 is 11.1 Å². The Labute approximate surface area is 78.8 Å². The van der Waals surface area contributed by atoms with Crippen molar-refractivity contribution >= 4 is 5.91 Å². The number of methoxy groups -OCH3 is 1. The van der Waals surface area contributed by atoms with Gasteiger partial charge >= 0.3 is 0 Å². The minimum atomic E-state index is -0.250. The smallest absolute Gasteiger partial charge is 0.218 e. The summed E-state index contributed by atoms with van der Waals surface area (Å²) in [6, 6.07) is 0.407. The van der Waals surface area contributed by atoms with Crippen LogP contribution in [0.5, 0.6) is 0 Å². The van der Waals surface area contributed by atoms with Gasteiger partial charge in [0.2, 0.25) is 5.91 Å². The topological polar surface area (TPSA) is 64.3 Å². The van der Waals surface area contributed by atoms with Crippen LogP contribution in [-0.2, 0) is 9.53 Å². The van der Waals surface area contributed by atoms with E-state index in [1.54, 1.807) is 7.11 Å². The fourth-order valence-electron chi connectivity index (χ4n) is 1.42. The number of nitrogens with one attached hydrogen (secondary N) is 1. The lowest BCUT2D eigenvalue weighted by atomic mass is 10.2. The van der Waals surface area contributed by atoms with Gasteiger partial charge in [0, 0.05) is 26.1 Å². The van der Waals surface area contributed by atoms with Crippen molar-refractivity contribution in [2.24, 2.45) is 11.7 Å². The molecule has 0 radical (unpaired) electrons. The van der Waals surface area contributed by atoms with Gasteiger partial charge in [-0.25, -0.2) is 0 Å². The predicted molar refractivity (Wildman–Crippen MR) is 50.2 cm³/mol. The second-order valence-corrected chi connectivity index (χ2v) is 3.57. The molecule has 1 amide bonds. The Balaban J connectivity index is 2.10. The summed E-state index contributed by atoms with van der Waals surface area (Å²) in [7, 11) is 1.70. The third-order valence-corrected chi connectivity index (χ3v) is 2.32. The fraction of sp³-hybridized carbons (Fsp3) is 0.889. The van der Waals surface area contributed by atoms with Gasteiger partial charge in [-0.1, -0.05) is 0 Å². The largest absolute Gasteiger partial charge is 0.383 e. The lowest BCUT2D eigenvalue weighted by Crippen LogP contribution is -2.37. The third-order valence-electron chi connectivity index (χ3n) is 2.32. The molecule has 1 atom stereocenters. The van der Waals surface area contributed by atoms with Crippen molar-refractivity contribution in [2.45, 2.75) is 25.3 Å². The second-order valence-electron chi connectivity index (χ2n) is 3.57. The zero-order valence-electron chi connectivity index (χ0n) is 8.08. The van der Waals surface area contributed by atoms with E-state index in [2.05, 4.69) is 5.32 Å². The first-order chi connectivity index (χ1) is 6.24. The van der Waals surface area contributed by atoms with Crippen LogP contribution >= 0.6 is 0 Å². The third kappa shape index (κ3) is 4.24. The summed E-state index contributed by atoms with van der Waals surface area (Å²) >= 11 is 0. The zero-order chi connectivity index (χ0) is 9.68. The number of nitrogens with two attached hydrogens (primary N) is 1. The first-order valence-electron chi connectivity index (χ1n) is 4.74. The maximum absolute atomic E-state index is 10.5. The summed E-state index contributed by atoms with van der Waals surface area (Å²) in [5.41, 5.74) is 5.03. The minimum Gasteiger partial charge on any atom is -0.383 e. The van der Waals surface area contributed by atoms with Crippen molar-refractivity contribution in [1.82, 2.24) is 5.32 Å². The van der Waals surface area contributed by atoms with Gasteiger partial charge in [-0.2, -0.15) is 0 Å². The highest BCUT2D eigenvalue weighted by Crippen LogP contribution is 2.32. The van der Waals surface area contributed by atoms with Crippen LogP contribution in [0.4, 0.5) is 0 Å². The maximum atomic E-state index is 10.5. The van der Waals surface area contributed by atoms with Crippen LogP contribution in [0.1, 0.15) is 19.3 Å². The molecular weight excluding hydrogens is 168 g/mol. The number of primary amides is 1. The summed E-state index contributed by atoms with van der Waals surface area (Å²) in [5, 5.41) is 3.29. The van der Waals surface area contributed by atoms with Gasteiger partial charge in [0.15, 0.2) is 0 Å². The first kappa shape index (κ1) is 10.5. The highest BCUT2D eigenvalue weighted by atomic mass is 16.5. The van der Waals surface area contributed by atoms with E-state index in [4.69, 9.17) is 10.5 Å². The number of amides is 1. The highest BCUT2D eigenvalue weighted by Gasteiger charge is 2.30. The monoisotopic (exact) mass is 186 g/mol. The summed E-state index contributed by atoms with van der Waals surface area (Å²) in [6.45, 7) is 1.39. The molecule has 76 valence electrons. The van der Waals surface area contributed by atoms with E-state index < -0.39 is 0 Å². The molecule has 0 aromatic carbocycles. The Morgan fingerprint density at radius 3 is 2.85 bits per heavy atom. The average Bonchev–Trinajstić information content (AvgIpc) is 2.84. The summed E-state index contributed by atoms with van der Waals surface area (Å²) in [4.78, 5) is 10.5. The molecule has 0 bridgehead atoms. The molecule has 0 aromatic heterocycles. The van der Waals surface area contributed by atoms with Crippen LogP contribution in [-0.4, -0.2) is 32.2 Å². The highest BCUT2D eigenvalue weighted by molar-refractivity contribution is 5.73. The van der Waals surface area contributed by atoms with E-state index in [0.717, 1.165) is 12.5 Å². The van der Waals surface area contributed by atoms with Crippen molar-refractivity contribution in [1.29, 1.82) is 0 Å². The van der Waals surface area contributed by atoms with Gasteiger partial charge in [-0.3, -0.25) is 4.79 Å². The van der Waals surface area contributed by atoms with Crippen molar-refractivity contribution in [3.05, 3.63) is 0 Å². The average molecular weight is 186 g/mol. The molecule has 1 aliphatic rings. The SMILES string of the molecule is COCC(NCCC(N)=O)C1CC1. The molecule has 0 spiro atoms. The number of hydrogen-bond donors (Lipinski definition) is 2. The van der Waals surface area contributed by atoms with E-state index in [1.807, 2.05) is 0 Å². The zero-order valence-corrected chi connectivity index (χ0v) is 8.08. The van der Waals surface area contributed by atoms with Crippen molar-refractivity contribution in [3.63, 3.8) is 0 Å². The number of carbonyl (C=O) groups excluding carboxylic acids is 1. The van der Waals surface area contributed by atoms with Crippen LogP contribution in [0.15, 0.2) is 0 Å². The molecule has 1 aliphatic carbocycles. The van der Waals surface area contributed by atoms with E-state index in [-0.39, 0.29) is 5.91 Å². The standard InChI is InChI=1S/C9H18N2O2/c1-13-6-8(7-2-3-7)11-5-4-9(10)12/h7-8,11H,2-6H2,1H3,(H2,10,12). The molecule has 13 heavy (non-hydrogen) atoms. The van der Waals surface area contributed by atoms with Gasteiger partial charge in [0.05, 0.1) is 6.61 Å².